The second kappa shape index (κ2) is 17.1. The van der Waals surface area contributed by atoms with E-state index in [-0.39, 0.29) is 24.8 Å². The van der Waals surface area contributed by atoms with Crippen LogP contribution in [0.25, 0.3) is 0 Å². The number of unbranched alkanes of at least 4 members (excludes halogenated alkanes) is 11. The van der Waals surface area contributed by atoms with Crippen LogP contribution in [-0.2, 0) is 14.4 Å². The minimum atomic E-state index is -1.53. The lowest BCUT2D eigenvalue weighted by molar-refractivity contribution is -0.149. The fourth-order valence-corrected chi connectivity index (χ4v) is 4.04. The molecule has 1 saturated heterocycles. The van der Waals surface area contributed by atoms with E-state index < -0.39 is 24.1 Å². The molecule has 2 rings (SSSR count). The number of carbonyl (C=O) groups excluding carboxylic acids is 1. The van der Waals surface area contributed by atoms with Gasteiger partial charge < -0.3 is 20.7 Å². The summed E-state index contributed by atoms with van der Waals surface area (Å²) in [5.41, 5.74) is 4.68. The highest BCUT2D eigenvalue weighted by atomic mass is 16.8. The maximum Gasteiger partial charge on any atom is 0.370 e. The van der Waals surface area contributed by atoms with Crippen LogP contribution in [0.4, 0.5) is 5.82 Å². The van der Waals surface area contributed by atoms with Crippen LogP contribution in [0.3, 0.4) is 0 Å². The monoisotopic (exact) mass is 508 g/mol. The van der Waals surface area contributed by atoms with E-state index in [1.807, 2.05) is 0 Å². The number of hydrogen-bond acceptors (Lipinski definition) is 9. The van der Waals surface area contributed by atoms with E-state index in [0.29, 0.717) is 0 Å². The third kappa shape index (κ3) is 10.7. The zero-order chi connectivity index (χ0) is 26.2. The molecule has 10 heteroatoms. The third-order valence-corrected chi connectivity index (χ3v) is 6.23. The summed E-state index contributed by atoms with van der Waals surface area (Å²) in [6, 6.07) is 1.35. The summed E-state index contributed by atoms with van der Waals surface area (Å²) in [7, 11) is 0. The number of aliphatic hydroxyl groups is 2. The van der Waals surface area contributed by atoms with Gasteiger partial charge in [0.25, 0.3) is 0 Å². The number of nitrogens with zero attached hydrogens (tertiary/aromatic N) is 3. The number of hydrogen-bond donors (Lipinski definition) is 3. The number of nitrogens with two attached hydrogens (primary N) is 1. The van der Waals surface area contributed by atoms with Crippen molar-refractivity contribution in [1.29, 1.82) is 0 Å². The molecular formula is C26H44N4O6. The van der Waals surface area contributed by atoms with E-state index in [1.165, 1.54) is 63.6 Å². The van der Waals surface area contributed by atoms with E-state index >= 15 is 0 Å². The summed E-state index contributed by atoms with van der Waals surface area (Å²) in [6.07, 6.45) is 17.6. The summed E-state index contributed by atoms with van der Waals surface area (Å²) in [6.45, 7) is 2.00. The van der Waals surface area contributed by atoms with Crippen molar-refractivity contribution >= 4 is 11.8 Å². The molecule has 4 N–H and O–H groups in total. The summed E-state index contributed by atoms with van der Waals surface area (Å²) >= 11 is 0. The van der Waals surface area contributed by atoms with Gasteiger partial charge in [-0.2, -0.15) is 14.8 Å². The molecule has 3 atom stereocenters. The van der Waals surface area contributed by atoms with Gasteiger partial charge in [-0.3, -0.25) is 4.79 Å². The molecule has 0 amide bonds. The first-order valence-electron chi connectivity index (χ1n) is 13.4. The van der Waals surface area contributed by atoms with Crippen LogP contribution in [0.15, 0.2) is 29.2 Å². The lowest BCUT2D eigenvalue weighted by atomic mass is 10.1. The van der Waals surface area contributed by atoms with Crippen LogP contribution < -0.4 is 16.6 Å². The molecule has 1 aromatic rings. The van der Waals surface area contributed by atoms with Gasteiger partial charge in [0.1, 0.15) is 18.5 Å². The maximum atomic E-state index is 12.0. The minimum absolute atomic E-state index is 0.0200. The van der Waals surface area contributed by atoms with Crippen LogP contribution in [0.1, 0.15) is 96.8 Å². The topological polar surface area (TPSA) is 140 Å². The van der Waals surface area contributed by atoms with Crippen molar-refractivity contribution in [2.45, 2.75) is 115 Å². The number of hydroxylamine groups is 1. The normalized spacial score (nSPS) is 19.9. The SMILES string of the molecule is CCCCCCCC/C=C/CCCCCCCC(=O)OC[C@H]1ON(n2ccc(N)nc2=O)[C@H](O)[C@@H]1O. The van der Waals surface area contributed by atoms with Crippen molar-refractivity contribution in [2.75, 3.05) is 17.5 Å². The molecule has 10 nitrogen and oxygen atoms in total. The number of ether oxygens (including phenoxy) is 1. The smallest absolute Gasteiger partial charge is 0.370 e. The second-order valence-corrected chi connectivity index (χ2v) is 9.35. The van der Waals surface area contributed by atoms with E-state index in [2.05, 4.69) is 24.1 Å². The summed E-state index contributed by atoms with van der Waals surface area (Å²) in [5.74, 6) is -0.366. The van der Waals surface area contributed by atoms with Gasteiger partial charge in [-0.05, 0) is 38.2 Å². The third-order valence-electron chi connectivity index (χ3n) is 6.23. The Bertz CT molecular complexity index is 846. The highest BCUT2D eigenvalue weighted by Crippen LogP contribution is 2.19. The van der Waals surface area contributed by atoms with Crippen LogP contribution in [0, 0.1) is 0 Å². The summed E-state index contributed by atoms with van der Waals surface area (Å²) in [4.78, 5) is 32.9. The Morgan fingerprint density at radius 2 is 1.67 bits per heavy atom. The second-order valence-electron chi connectivity index (χ2n) is 9.35. The number of allylic oxidation sites excluding steroid dienone is 2. The molecule has 1 aromatic heterocycles. The fraction of sp³-hybridized carbons (Fsp3) is 0.731. The molecule has 1 fully saturated rings. The predicted octanol–water partition coefficient (Wildman–Crippen LogP) is 3.34. The number of nitrogen functional groups attached to an aromatic ring is 1. The average molecular weight is 509 g/mol. The Labute approximate surface area is 214 Å². The van der Waals surface area contributed by atoms with Gasteiger partial charge in [0.15, 0.2) is 12.3 Å². The molecule has 0 bridgehead atoms. The Morgan fingerprint density at radius 3 is 2.31 bits per heavy atom. The first-order chi connectivity index (χ1) is 17.4. The van der Waals surface area contributed by atoms with Crippen molar-refractivity contribution in [1.82, 2.24) is 9.66 Å². The molecule has 1 aliphatic heterocycles. The van der Waals surface area contributed by atoms with Crippen LogP contribution in [0.2, 0.25) is 0 Å². The first-order valence-corrected chi connectivity index (χ1v) is 13.4. The molecule has 204 valence electrons. The van der Waals surface area contributed by atoms with Gasteiger partial charge in [-0.25, -0.2) is 9.63 Å². The number of aliphatic hydroxyl groups excluding tert-OH is 2. The van der Waals surface area contributed by atoms with Gasteiger partial charge >= 0.3 is 11.7 Å². The molecule has 2 heterocycles. The Hall–Kier alpha value is -2.43. The Morgan fingerprint density at radius 1 is 1.06 bits per heavy atom. The van der Waals surface area contributed by atoms with Crippen molar-refractivity contribution in [3.63, 3.8) is 0 Å². The minimum Gasteiger partial charge on any atom is -0.463 e. The van der Waals surface area contributed by atoms with Gasteiger partial charge in [0, 0.05) is 12.6 Å². The average Bonchev–Trinajstić information content (AvgIpc) is 3.13. The fourth-order valence-electron chi connectivity index (χ4n) is 4.04. The zero-order valence-corrected chi connectivity index (χ0v) is 21.6. The maximum absolute atomic E-state index is 12.0. The van der Waals surface area contributed by atoms with Gasteiger partial charge in [-0.1, -0.05) is 70.4 Å². The molecule has 0 spiro atoms. The highest BCUT2D eigenvalue weighted by molar-refractivity contribution is 5.69. The molecule has 1 aliphatic rings. The molecule has 0 unspecified atom stereocenters. The number of rotatable bonds is 18. The van der Waals surface area contributed by atoms with E-state index in [9.17, 15) is 19.8 Å². The Balaban J connectivity index is 1.50. The van der Waals surface area contributed by atoms with Crippen molar-refractivity contribution in [3.8, 4) is 0 Å². The summed E-state index contributed by atoms with van der Waals surface area (Å²) in [5, 5.41) is 21.2. The van der Waals surface area contributed by atoms with Gasteiger partial charge in [-0.15, -0.1) is 0 Å². The molecule has 36 heavy (non-hydrogen) atoms. The van der Waals surface area contributed by atoms with Crippen molar-refractivity contribution in [3.05, 3.63) is 34.9 Å². The number of anilines is 1. The number of aromatic nitrogens is 2. The quantitative estimate of drug-likeness (QED) is 0.155. The molecule has 0 radical (unpaired) electrons. The first kappa shape index (κ1) is 29.8. The standard InChI is InChI=1S/C26H44N4O6/c1-2-3-4-5-6-7-8-9-10-11-12-13-14-15-16-17-23(31)35-20-21-24(32)25(33)30(36-21)29-19-18-22(27)28-26(29)34/h9-10,18-19,21,24-25,32-33H,2-8,11-17,20H2,1H3,(H2,27,28,34)/b10-9+/t21-,24-,25-/m1/s1. The predicted molar refractivity (Wildman–Crippen MR) is 138 cm³/mol. The van der Waals surface area contributed by atoms with E-state index in [4.69, 9.17) is 15.3 Å². The number of esters is 1. The van der Waals surface area contributed by atoms with Crippen LogP contribution >= 0.6 is 0 Å². The lowest BCUT2D eigenvalue weighted by Crippen LogP contribution is -2.47. The molecule has 0 saturated carbocycles. The molecular weight excluding hydrogens is 464 g/mol. The Kier molecular flexibility index (Phi) is 14.2. The van der Waals surface area contributed by atoms with E-state index in [1.54, 1.807) is 0 Å². The van der Waals surface area contributed by atoms with Crippen LogP contribution in [0.5, 0.6) is 0 Å². The summed E-state index contributed by atoms with van der Waals surface area (Å²) < 4.78 is 6.09. The van der Waals surface area contributed by atoms with Crippen molar-refractivity contribution < 1.29 is 24.6 Å². The zero-order valence-electron chi connectivity index (χ0n) is 21.6. The van der Waals surface area contributed by atoms with Gasteiger partial charge in [0.2, 0.25) is 0 Å². The lowest BCUT2D eigenvalue weighted by Gasteiger charge is -2.21. The van der Waals surface area contributed by atoms with Crippen molar-refractivity contribution in [2.24, 2.45) is 0 Å². The van der Waals surface area contributed by atoms with E-state index in [0.717, 1.165) is 42.0 Å². The molecule has 0 aliphatic carbocycles. The largest absolute Gasteiger partial charge is 0.463 e. The molecule has 0 aromatic carbocycles. The van der Waals surface area contributed by atoms with Crippen LogP contribution in [-0.4, -0.2) is 50.9 Å². The number of carbonyl (C=O) groups is 1. The highest BCUT2D eigenvalue weighted by Gasteiger charge is 2.43. The van der Waals surface area contributed by atoms with Gasteiger partial charge in [0.05, 0.1) is 0 Å².